The van der Waals surface area contributed by atoms with Crippen LogP contribution >= 0.6 is 0 Å². The third kappa shape index (κ3) is 6.99. The number of carbonyl (C=O) groups is 1. The first kappa shape index (κ1) is 21.9. The molecule has 0 saturated carbocycles. The van der Waals surface area contributed by atoms with E-state index in [1.165, 1.54) is 24.3 Å². The molecule has 1 amide bonds. The Morgan fingerprint density at radius 2 is 1.77 bits per heavy atom. The molecule has 0 aliphatic heterocycles. The van der Waals surface area contributed by atoms with E-state index in [2.05, 4.69) is 5.32 Å². The monoisotopic (exact) mass is 386 g/mol. The second kappa shape index (κ2) is 8.03. The second-order valence-electron chi connectivity index (χ2n) is 7.81. The summed E-state index contributed by atoms with van der Waals surface area (Å²) in [5.74, 6) is -0.263. The smallest absolute Gasteiger partial charge is 0.407 e. The number of amides is 1. The fourth-order valence-corrected chi connectivity index (χ4v) is 3.89. The van der Waals surface area contributed by atoms with Crippen molar-refractivity contribution in [2.45, 2.75) is 51.5 Å². The molecule has 0 saturated heterocycles. The number of nitro benzene ring substituents is 1. The number of benzene rings is 1. The fraction of sp³-hybridized carbons (Fsp3) is 0.588. The summed E-state index contributed by atoms with van der Waals surface area (Å²) in [6.45, 7) is 9.07. The Kier molecular flexibility index (Phi) is 6.76. The lowest BCUT2D eigenvalue weighted by atomic mass is 9.90. The third-order valence-electron chi connectivity index (χ3n) is 3.55. The molecule has 9 heteroatoms. The summed E-state index contributed by atoms with van der Waals surface area (Å²) in [5, 5.41) is 13.7. The summed E-state index contributed by atoms with van der Waals surface area (Å²) in [7, 11) is -3.82. The number of alkyl carbamates (subject to hydrolysis) is 1. The molecule has 1 N–H and O–H groups in total. The number of nitrogens with zero attached hydrogens (tertiary/aromatic N) is 1. The van der Waals surface area contributed by atoms with Gasteiger partial charge in [-0.3, -0.25) is 10.1 Å². The number of ether oxygens (including phenoxy) is 1. The molecule has 0 bridgehead atoms. The zero-order valence-corrected chi connectivity index (χ0v) is 16.6. The highest BCUT2D eigenvalue weighted by Gasteiger charge is 2.29. The van der Waals surface area contributed by atoms with Crippen LogP contribution < -0.4 is 5.32 Å². The van der Waals surface area contributed by atoms with Crippen molar-refractivity contribution in [3.05, 3.63) is 34.4 Å². The molecule has 146 valence electrons. The van der Waals surface area contributed by atoms with Crippen LogP contribution in [-0.2, 0) is 14.6 Å². The maximum atomic E-state index is 12.5. The van der Waals surface area contributed by atoms with Crippen LogP contribution in [0, 0.1) is 15.5 Å². The fourth-order valence-electron chi connectivity index (χ4n) is 2.11. The lowest BCUT2D eigenvalue weighted by Crippen LogP contribution is -2.38. The molecule has 1 aromatic rings. The van der Waals surface area contributed by atoms with E-state index in [9.17, 15) is 23.3 Å². The van der Waals surface area contributed by atoms with Crippen molar-refractivity contribution in [2.75, 3.05) is 12.3 Å². The molecule has 0 atom stereocenters. The summed E-state index contributed by atoms with van der Waals surface area (Å²) in [5.41, 5.74) is -1.59. The van der Waals surface area contributed by atoms with E-state index in [4.69, 9.17) is 4.74 Å². The van der Waals surface area contributed by atoms with E-state index in [0.29, 0.717) is 0 Å². The van der Waals surface area contributed by atoms with Gasteiger partial charge in [0.05, 0.1) is 10.7 Å². The predicted octanol–water partition coefficient (Wildman–Crippen LogP) is 3.31. The molecule has 0 spiro atoms. The van der Waals surface area contributed by atoms with Crippen LogP contribution in [-0.4, -0.2) is 37.3 Å². The van der Waals surface area contributed by atoms with E-state index in [0.717, 1.165) is 0 Å². The minimum Gasteiger partial charge on any atom is -0.444 e. The van der Waals surface area contributed by atoms with Crippen LogP contribution in [0.15, 0.2) is 29.2 Å². The molecule has 1 aromatic carbocycles. The number of para-hydroxylation sites is 1. The van der Waals surface area contributed by atoms with E-state index in [1.807, 2.05) is 0 Å². The van der Waals surface area contributed by atoms with Gasteiger partial charge in [0.1, 0.15) is 10.5 Å². The Bertz CT molecular complexity index is 766. The molecule has 8 nitrogen and oxygen atoms in total. The van der Waals surface area contributed by atoms with Crippen molar-refractivity contribution in [2.24, 2.45) is 5.41 Å². The first-order valence-electron chi connectivity index (χ1n) is 8.17. The van der Waals surface area contributed by atoms with Gasteiger partial charge in [-0.1, -0.05) is 26.0 Å². The van der Waals surface area contributed by atoms with Crippen molar-refractivity contribution in [1.29, 1.82) is 0 Å². The average molecular weight is 386 g/mol. The van der Waals surface area contributed by atoms with Crippen molar-refractivity contribution in [3.63, 3.8) is 0 Å². The maximum absolute atomic E-state index is 12.5. The molecule has 26 heavy (non-hydrogen) atoms. The molecule has 0 aromatic heterocycles. The van der Waals surface area contributed by atoms with Crippen molar-refractivity contribution in [1.82, 2.24) is 5.32 Å². The Hall–Kier alpha value is -2.16. The normalized spacial score (nSPS) is 12.5. The maximum Gasteiger partial charge on any atom is 0.407 e. The quantitative estimate of drug-likeness (QED) is 0.568. The standard InChI is InChI=1S/C17H26N2O6S/c1-16(2,3)25-15(20)18-12-17(4,5)10-11-26(23,24)14-9-7-6-8-13(14)19(21)22/h6-9H,10-12H2,1-5H3,(H,18,20). The molecular weight excluding hydrogens is 360 g/mol. The Morgan fingerprint density at radius 3 is 2.31 bits per heavy atom. The van der Waals surface area contributed by atoms with Crippen molar-refractivity contribution in [3.8, 4) is 0 Å². The number of hydrogen-bond donors (Lipinski definition) is 1. The Labute approximate surface area is 154 Å². The minimum absolute atomic E-state index is 0.217. The van der Waals surface area contributed by atoms with Gasteiger partial charge in [0.2, 0.25) is 0 Å². The van der Waals surface area contributed by atoms with Crippen molar-refractivity contribution >= 4 is 21.6 Å². The van der Waals surface area contributed by atoms with Crippen LogP contribution in [0.2, 0.25) is 0 Å². The number of nitrogens with one attached hydrogen (secondary N) is 1. The summed E-state index contributed by atoms with van der Waals surface area (Å²) < 4.78 is 30.2. The van der Waals surface area contributed by atoms with Crippen LogP contribution in [0.1, 0.15) is 41.0 Å². The lowest BCUT2D eigenvalue weighted by molar-refractivity contribution is -0.387. The Morgan fingerprint density at radius 1 is 1.19 bits per heavy atom. The molecular formula is C17H26N2O6S. The zero-order chi connectivity index (χ0) is 20.2. The highest BCUT2D eigenvalue weighted by atomic mass is 32.2. The van der Waals surface area contributed by atoms with Gasteiger partial charge in [0.15, 0.2) is 9.84 Å². The number of rotatable bonds is 7. The van der Waals surface area contributed by atoms with E-state index in [-0.39, 0.29) is 23.6 Å². The average Bonchev–Trinajstić information content (AvgIpc) is 2.50. The molecule has 0 heterocycles. The van der Waals surface area contributed by atoms with Gasteiger partial charge in [-0.05, 0) is 38.7 Å². The van der Waals surface area contributed by atoms with Gasteiger partial charge in [-0.25, -0.2) is 13.2 Å². The molecule has 0 aliphatic rings. The summed E-state index contributed by atoms with van der Waals surface area (Å²) in [6, 6.07) is 5.28. The summed E-state index contributed by atoms with van der Waals surface area (Å²) in [4.78, 5) is 21.8. The van der Waals surface area contributed by atoms with Gasteiger partial charge in [0.25, 0.3) is 5.69 Å². The van der Waals surface area contributed by atoms with E-state index < -0.39 is 37.6 Å². The second-order valence-corrected chi connectivity index (χ2v) is 9.89. The van der Waals surface area contributed by atoms with Crippen LogP contribution in [0.25, 0.3) is 0 Å². The third-order valence-corrected chi connectivity index (χ3v) is 5.31. The lowest BCUT2D eigenvalue weighted by Gasteiger charge is -2.26. The molecule has 0 fully saturated rings. The van der Waals surface area contributed by atoms with Crippen LogP contribution in [0.3, 0.4) is 0 Å². The number of sulfone groups is 1. The molecule has 0 unspecified atom stereocenters. The van der Waals surface area contributed by atoms with Gasteiger partial charge in [0, 0.05) is 12.6 Å². The summed E-state index contributed by atoms with van der Waals surface area (Å²) >= 11 is 0. The summed E-state index contributed by atoms with van der Waals surface area (Å²) in [6.07, 6.45) is -0.357. The van der Waals surface area contributed by atoms with Gasteiger partial charge in [-0.15, -0.1) is 0 Å². The highest BCUT2D eigenvalue weighted by molar-refractivity contribution is 7.91. The topological polar surface area (TPSA) is 116 Å². The van der Waals surface area contributed by atoms with Gasteiger partial charge in [-0.2, -0.15) is 0 Å². The number of carbonyl (C=O) groups excluding carboxylic acids is 1. The van der Waals surface area contributed by atoms with Crippen molar-refractivity contribution < 1.29 is 22.9 Å². The number of nitro groups is 1. The number of hydrogen-bond acceptors (Lipinski definition) is 6. The largest absolute Gasteiger partial charge is 0.444 e. The van der Waals surface area contributed by atoms with Gasteiger partial charge < -0.3 is 10.1 Å². The van der Waals surface area contributed by atoms with Gasteiger partial charge >= 0.3 is 6.09 Å². The Balaban J connectivity index is 2.75. The van der Waals surface area contributed by atoms with E-state index in [1.54, 1.807) is 34.6 Å². The van der Waals surface area contributed by atoms with Crippen LogP contribution in [0.4, 0.5) is 10.5 Å². The SMILES string of the molecule is CC(C)(CCS(=O)(=O)c1ccccc1[N+](=O)[O-])CNC(=O)OC(C)(C)C. The van der Waals surface area contributed by atoms with E-state index >= 15 is 0 Å². The molecule has 0 radical (unpaired) electrons. The zero-order valence-electron chi connectivity index (χ0n) is 15.7. The van der Waals surface area contributed by atoms with Crippen LogP contribution in [0.5, 0.6) is 0 Å². The molecule has 1 rings (SSSR count). The molecule has 0 aliphatic carbocycles. The predicted molar refractivity (Wildman–Crippen MR) is 97.8 cm³/mol. The minimum atomic E-state index is -3.82. The highest BCUT2D eigenvalue weighted by Crippen LogP contribution is 2.27. The first-order valence-corrected chi connectivity index (χ1v) is 9.82. The first-order chi connectivity index (χ1) is 11.7.